The van der Waals surface area contributed by atoms with Crippen LogP contribution in [0.15, 0.2) is 17.5 Å². The quantitative estimate of drug-likeness (QED) is 0.724. The summed E-state index contributed by atoms with van der Waals surface area (Å²) in [5, 5.41) is 2.67. The molecular weight excluding hydrogens is 224 g/mol. The fraction of sp³-hybridized carbons (Fsp3) is 0.583. The minimum atomic E-state index is 0.383. The summed E-state index contributed by atoms with van der Waals surface area (Å²) in [6, 6.07) is 4.14. The highest BCUT2D eigenvalue weighted by molar-refractivity contribution is 8.00. The molecule has 1 aromatic rings. The highest BCUT2D eigenvalue weighted by Crippen LogP contribution is 2.15. The van der Waals surface area contributed by atoms with E-state index in [0.29, 0.717) is 23.2 Å². The number of aryl methyl sites for hydroxylation is 1. The summed E-state index contributed by atoms with van der Waals surface area (Å²) >= 11 is 3.51. The molecule has 0 aliphatic rings. The van der Waals surface area contributed by atoms with Crippen LogP contribution in [-0.2, 0) is 11.2 Å². The van der Waals surface area contributed by atoms with Crippen molar-refractivity contribution in [2.24, 2.45) is 0 Å². The zero-order valence-corrected chi connectivity index (χ0v) is 11.0. The van der Waals surface area contributed by atoms with Crippen molar-refractivity contribution >= 4 is 28.9 Å². The molecule has 0 radical (unpaired) electrons. The Kier molecular flexibility index (Phi) is 6.03. The van der Waals surface area contributed by atoms with Crippen LogP contribution in [-0.4, -0.2) is 16.8 Å². The molecule has 0 aliphatic carbocycles. The molecule has 0 spiro atoms. The van der Waals surface area contributed by atoms with Crippen LogP contribution in [0.3, 0.4) is 0 Å². The van der Waals surface area contributed by atoms with E-state index in [9.17, 15) is 4.79 Å². The van der Waals surface area contributed by atoms with Crippen molar-refractivity contribution in [3.63, 3.8) is 0 Å². The number of ketones is 1. The van der Waals surface area contributed by atoms with Gasteiger partial charge in [-0.15, -0.1) is 11.3 Å². The fourth-order valence-corrected chi connectivity index (χ4v) is 2.70. The molecule has 1 rings (SSSR count). The fourth-order valence-electron chi connectivity index (χ4n) is 1.14. The van der Waals surface area contributed by atoms with Crippen LogP contribution in [0.25, 0.3) is 0 Å². The summed E-state index contributed by atoms with van der Waals surface area (Å²) in [5.74, 6) is 1.06. The Balaban J connectivity index is 2.14. The van der Waals surface area contributed by atoms with Gasteiger partial charge in [0.15, 0.2) is 0 Å². The lowest BCUT2D eigenvalue weighted by molar-refractivity contribution is -0.116. The predicted molar refractivity (Wildman–Crippen MR) is 69.9 cm³/mol. The molecule has 0 saturated carbocycles. The third-order valence-corrected chi connectivity index (χ3v) is 4.66. The van der Waals surface area contributed by atoms with Gasteiger partial charge in [-0.25, -0.2) is 0 Å². The molecule has 84 valence electrons. The smallest absolute Gasteiger partial charge is 0.143 e. The average Bonchev–Trinajstić information content (AvgIpc) is 2.75. The van der Waals surface area contributed by atoms with Gasteiger partial charge in [-0.2, -0.15) is 11.8 Å². The van der Waals surface area contributed by atoms with Gasteiger partial charge in [0.05, 0.1) is 5.75 Å². The molecule has 1 nitrogen and oxygen atoms in total. The van der Waals surface area contributed by atoms with Gasteiger partial charge in [-0.3, -0.25) is 4.79 Å². The Morgan fingerprint density at radius 3 is 3.00 bits per heavy atom. The Bertz CT molecular complexity index is 280. The van der Waals surface area contributed by atoms with Crippen LogP contribution in [0.2, 0.25) is 0 Å². The molecule has 0 aliphatic heterocycles. The zero-order chi connectivity index (χ0) is 11.1. The van der Waals surface area contributed by atoms with Crippen LogP contribution >= 0.6 is 23.1 Å². The second-order valence-corrected chi connectivity index (χ2v) is 6.11. The first-order valence-electron chi connectivity index (χ1n) is 5.38. The first-order chi connectivity index (χ1) is 7.22. The largest absolute Gasteiger partial charge is 0.299 e. The Morgan fingerprint density at radius 1 is 1.60 bits per heavy atom. The number of thiophene rings is 1. The Hall–Kier alpha value is -0.280. The van der Waals surface area contributed by atoms with Crippen molar-refractivity contribution in [2.75, 3.05) is 5.75 Å². The van der Waals surface area contributed by atoms with Gasteiger partial charge < -0.3 is 0 Å². The lowest BCUT2D eigenvalue weighted by Gasteiger charge is -2.06. The first kappa shape index (κ1) is 12.8. The van der Waals surface area contributed by atoms with Crippen molar-refractivity contribution in [1.29, 1.82) is 0 Å². The number of hydrogen-bond donors (Lipinski definition) is 0. The minimum Gasteiger partial charge on any atom is -0.299 e. The first-order valence-corrected chi connectivity index (χ1v) is 7.31. The number of rotatable bonds is 7. The molecule has 3 heteroatoms. The van der Waals surface area contributed by atoms with Gasteiger partial charge in [-0.1, -0.05) is 19.9 Å². The van der Waals surface area contributed by atoms with E-state index in [1.165, 1.54) is 4.88 Å². The molecular formula is C12H18OS2. The van der Waals surface area contributed by atoms with E-state index in [4.69, 9.17) is 0 Å². The van der Waals surface area contributed by atoms with Crippen molar-refractivity contribution in [3.05, 3.63) is 22.4 Å². The van der Waals surface area contributed by atoms with Crippen LogP contribution < -0.4 is 0 Å². The third kappa shape index (κ3) is 5.38. The number of carbonyl (C=O) groups is 1. The second-order valence-electron chi connectivity index (χ2n) is 3.65. The topological polar surface area (TPSA) is 17.1 Å². The standard InChI is InChI=1S/C12H18OS2/c1-3-10(2)15-9-11(13)6-7-12-5-4-8-14-12/h4-5,8,10H,3,6-7,9H2,1-2H3. The van der Waals surface area contributed by atoms with E-state index in [2.05, 4.69) is 25.3 Å². The highest BCUT2D eigenvalue weighted by Gasteiger charge is 2.06. The molecule has 0 fully saturated rings. The summed E-state index contributed by atoms with van der Waals surface area (Å²) in [6.45, 7) is 4.34. The van der Waals surface area contributed by atoms with E-state index in [0.717, 1.165) is 12.8 Å². The van der Waals surface area contributed by atoms with Gasteiger partial charge in [0.2, 0.25) is 0 Å². The Morgan fingerprint density at radius 2 is 2.40 bits per heavy atom. The summed E-state index contributed by atoms with van der Waals surface area (Å²) < 4.78 is 0. The molecule has 15 heavy (non-hydrogen) atoms. The van der Waals surface area contributed by atoms with Crippen molar-refractivity contribution < 1.29 is 4.79 Å². The minimum absolute atomic E-state index is 0.383. The van der Waals surface area contributed by atoms with E-state index in [1.807, 2.05) is 6.07 Å². The maximum atomic E-state index is 11.5. The molecule has 0 N–H and O–H groups in total. The number of thioether (sulfide) groups is 1. The van der Waals surface area contributed by atoms with Crippen molar-refractivity contribution in [3.8, 4) is 0 Å². The second kappa shape index (κ2) is 7.07. The van der Waals surface area contributed by atoms with Crippen LogP contribution in [0.4, 0.5) is 0 Å². The monoisotopic (exact) mass is 242 g/mol. The van der Waals surface area contributed by atoms with E-state index < -0.39 is 0 Å². The lowest BCUT2D eigenvalue weighted by atomic mass is 10.2. The van der Waals surface area contributed by atoms with E-state index in [1.54, 1.807) is 23.1 Å². The Labute approximate surface area is 100 Å². The molecule has 0 bridgehead atoms. The summed E-state index contributed by atoms with van der Waals surface area (Å²) in [5.41, 5.74) is 0. The normalized spacial score (nSPS) is 12.7. The maximum absolute atomic E-state index is 11.5. The van der Waals surface area contributed by atoms with Gasteiger partial charge in [0.1, 0.15) is 5.78 Å². The lowest BCUT2D eigenvalue weighted by Crippen LogP contribution is -2.06. The SMILES string of the molecule is CCC(C)SCC(=O)CCc1cccs1. The summed E-state index contributed by atoms with van der Waals surface area (Å²) in [4.78, 5) is 12.9. The average molecular weight is 242 g/mol. The van der Waals surface area contributed by atoms with Crippen molar-refractivity contribution in [2.45, 2.75) is 38.4 Å². The number of Topliss-reactive ketones (excluding diaryl/α,β-unsaturated/α-hetero) is 1. The van der Waals surface area contributed by atoms with Crippen LogP contribution in [0, 0.1) is 0 Å². The van der Waals surface area contributed by atoms with Crippen LogP contribution in [0.5, 0.6) is 0 Å². The van der Waals surface area contributed by atoms with E-state index in [-0.39, 0.29) is 0 Å². The van der Waals surface area contributed by atoms with Crippen LogP contribution in [0.1, 0.15) is 31.6 Å². The van der Waals surface area contributed by atoms with Gasteiger partial charge in [0.25, 0.3) is 0 Å². The molecule has 1 aromatic heterocycles. The molecule has 1 atom stereocenters. The molecule has 1 heterocycles. The molecule has 1 unspecified atom stereocenters. The molecule has 0 aromatic carbocycles. The molecule has 0 saturated heterocycles. The van der Waals surface area contributed by atoms with Crippen molar-refractivity contribution in [1.82, 2.24) is 0 Å². The van der Waals surface area contributed by atoms with Gasteiger partial charge in [-0.05, 0) is 24.3 Å². The summed E-state index contributed by atoms with van der Waals surface area (Å²) in [7, 11) is 0. The van der Waals surface area contributed by atoms with E-state index >= 15 is 0 Å². The summed E-state index contributed by atoms with van der Waals surface area (Å²) in [6.07, 6.45) is 2.75. The number of carbonyl (C=O) groups excluding carboxylic acids is 1. The third-order valence-electron chi connectivity index (χ3n) is 2.33. The number of hydrogen-bond acceptors (Lipinski definition) is 3. The maximum Gasteiger partial charge on any atom is 0.143 e. The predicted octanol–water partition coefficient (Wildman–Crippen LogP) is 3.78. The highest BCUT2D eigenvalue weighted by atomic mass is 32.2. The van der Waals surface area contributed by atoms with Gasteiger partial charge in [0, 0.05) is 16.5 Å². The molecule has 0 amide bonds. The zero-order valence-electron chi connectivity index (χ0n) is 9.36. The van der Waals surface area contributed by atoms with Gasteiger partial charge >= 0.3 is 0 Å².